The predicted molar refractivity (Wildman–Crippen MR) is 78.1 cm³/mol. The Morgan fingerprint density at radius 3 is 2.70 bits per heavy atom. The normalized spacial score (nSPS) is 10.6. The SMILES string of the molecule is CCc1onc(C)c1C(=O)NCCc1ccc(Cl)cc1. The van der Waals surface area contributed by atoms with E-state index in [1.807, 2.05) is 31.2 Å². The minimum atomic E-state index is -0.130. The lowest BCUT2D eigenvalue weighted by Gasteiger charge is -2.05. The van der Waals surface area contributed by atoms with E-state index in [0.29, 0.717) is 35.0 Å². The van der Waals surface area contributed by atoms with Crippen molar-refractivity contribution in [1.82, 2.24) is 10.5 Å². The van der Waals surface area contributed by atoms with Crippen molar-refractivity contribution in [2.75, 3.05) is 6.54 Å². The number of amides is 1. The molecule has 0 atom stereocenters. The summed E-state index contributed by atoms with van der Waals surface area (Å²) in [5.74, 6) is 0.501. The number of carbonyl (C=O) groups is 1. The average Bonchev–Trinajstić information content (AvgIpc) is 2.82. The minimum Gasteiger partial charge on any atom is -0.360 e. The smallest absolute Gasteiger partial charge is 0.256 e. The van der Waals surface area contributed by atoms with Gasteiger partial charge in [0.15, 0.2) is 0 Å². The van der Waals surface area contributed by atoms with E-state index in [-0.39, 0.29) is 5.91 Å². The number of aromatic nitrogens is 1. The Kier molecular flexibility index (Phi) is 4.79. The van der Waals surface area contributed by atoms with Gasteiger partial charge in [0.2, 0.25) is 0 Å². The van der Waals surface area contributed by atoms with Crippen molar-refractivity contribution in [2.24, 2.45) is 0 Å². The van der Waals surface area contributed by atoms with Crippen molar-refractivity contribution in [2.45, 2.75) is 26.7 Å². The molecule has 0 radical (unpaired) electrons. The summed E-state index contributed by atoms with van der Waals surface area (Å²) in [7, 11) is 0. The molecule has 0 aliphatic carbocycles. The van der Waals surface area contributed by atoms with Crippen molar-refractivity contribution < 1.29 is 9.32 Å². The summed E-state index contributed by atoms with van der Waals surface area (Å²) in [6.07, 6.45) is 1.41. The molecule has 0 fully saturated rings. The van der Waals surface area contributed by atoms with Crippen LogP contribution in [0.15, 0.2) is 28.8 Å². The standard InChI is InChI=1S/C15H17ClN2O2/c1-3-13-14(10(2)18-20-13)15(19)17-9-8-11-4-6-12(16)7-5-11/h4-7H,3,8-9H2,1-2H3,(H,17,19). The zero-order valence-electron chi connectivity index (χ0n) is 11.6. The Morgan fingerprint density at radius 2 is 2.05 bits per heavy atom. The molecule has 20 heavy (non-hydrogen) atoms. The molecule has 106 valence electrons. The van der Waals surface area contributed by atoms with Crippen LogP contribution >= 0.6 is 11.6 Å². The summed E-state index contributed by atoms with van der Waals surface area (Å²) < 4.78 is 5.12. The summed E-state index contributed by atoms with van der Waals surface area (Å²) in [5.41, 5.74) is 2.32. The van der Waals surface area contributed by atoms with Gasteiger partial charge in [0, 0.05) is 18.0 Å². The molecular weight excluding hydrogens is 276 g/mol. The molecule has 0 saturated carbocycles. The lowest BCUT2D eigenvalue weighted by atomic mass is 10.1. The molecule has 0 saturated heterocycles. The third-order valence-electron chi connectivity index (χ3n) is 3.09. The summed E-state index contributed by atoms with van der Waals surface area (Å²) in [4.78, 5) is 12.1. The highest BCUT2D eigenvalue weighted by Gasteiger charge is 2.18. The predicted octanol–water partition coefficient (Wildman–Crippen LogP) is 3.17. The molecule has 1 amide bonds. The maximum atomic E-state index is 12.1. The number of hydrogen-bond donors (Lipinski definition) is 1. The van der Waals surface area contributed by atoms with Crippen LogP contribution in [0.3, 0.4) is 0 Å². The van der Waals surface area contributed by atoms with Gasteiger partial charge in [0.1, 0.15) is 11.3 Å². The Bertz CT molecular complexity index is 590. The largest absolute Gasteiger partial charge is 0.360 e. The third-order valence-corrected chi connectivity index (χ3v) is 3.35. The van der Waals surface area contributed by atoms with Gasteiger partial charge in [0.05, 0.1) is 5.69 Å². The molecule has 1 heterocycles. The molecule has 0 unspecified atom stereocenters. The summed E-state index contributed by atoms with van der Waals surface area (Å²) >= 11 is 5.83. The van der Waals surface area contributed by atoms with Crippen LogP contribution in [0.25, 0.3) is 0 Å². The first-order chi connectivity index (χ1) is 9.61. The lowest BCUT2D eigenvalue weighted by Crippen LogP contribution is -2.26. The molecule has 1 aromatic carbocycles. The van der Waals surface area contributed by atoms with Gasteiger partial charge in [0.25, 0.3) is 5.91 Å². The number of carbonyl (C=O) groups excluding carboxylic acids is 1. The van der Waals surface area contributed by atoms with Crippen molar-refractivity contribution in [3.8, 4) is 0 Å². The van der Waals surface area contributed by atoms with Crippen LogP contribution in [0.2, 0.25) is 5.02 Å². The van der Waals surface area contributed by atoms with E-state index in [9.17, 15) is 4.79 Å². The molecule has 4 nitrogen and oxygen atoms in total. The minimum absolute atomic E-state index is 0.130. The summed E-state index contributed by atoms with van der Waals surface area (Å²) in [6, 6.07) is 7.60. The van der Waals surface area contributed by atoms with Crippen molar-refractivity contribution in [3.63, 3.8) is 0 Å². The zero-order chi connectivity index (χ0) is 14.5. The fraction of sp³-hybridized carbons (Fsp3) is 0.333. The van der Waals surface area contributed by atoms with Crippen LogP contribution in [0.5, 0.6) is 0 Å². The number of hydrogen-bond acceptors (Lipinski definition) is 3. The highest BCUT2D eigenvalue weighted by Crippen LogP contribution is 2.14. The molecule has 5 heteroatoms. The molecule has 2 rings (SSSR count). The first-order valence-corrected chi connectivity index (χ1v) is 6.97. The Morgan fingerprint density at radius 1 is 1.35 bits per heavy atom. The quantitative estimate of drug-likeness (QED) is 0.921. The van der Waals surface area contributed by atoms with E-state index in [4.69, 9.17) is 16.1 Å². The van der Waals surface area contributed by atoms with E-state index in [1.165, 1.54) is 0 Å². The van der Waals surface area contributed by atoms with Crippen LogP contribution in [0.4, 0.5) is 0 Å². The maximum absolute atomic E-state index is 12.1. The summed E-state index contributed by atoms with van der Waals surface area (Å²) in [5, 5.41) is 7.44. The number of benzene rings is 1. The van der Waals surface area contributed by atoms with Gasteiger partial charge >= 0.3 is 0 Å². The molecule has 0 spiro atoms. The van der Waals surface area contributed by atoms with E-state index in [1.54, 1.807) is 6.92 Å². The second-order valence-corrected chi connectivity index (χ2v) is 4.99. The number of nitrogens with zero attached hydrogens (tertiary/aromatic N) is 1. The van der Waals surface area contributed by atoms with Crippen molar-refractivity contribution in [3.05, 3.63) is 51.9 Å². The van der Waals surface area contributed by atoms with Crippen molar-refractivity contribution >= 4 is 17.5 Å². The Hall–Kier alpha value is -1.81. The van der Waals surface area contributed by atoms with E-state index < -0.39 is 0 Å². The average molecular weight is 293 g/mol. The molecule has 0 aliphatic heterocycles. The van der Waals surface area contributed by atoms with Gasteiger partial charge in [-0.25, -0.2) is 0 Å². The monoisotopic (exact) mass is 292 g/mol. The van der Waals surface area contributed by atoms with Gasteiger partial charge in [-0.1, -0.05) is 35.8 Å². The first kappa shape index (κ1) is 14.6. The second kappa shape index (κ2) is 6.57. The van der Waals surface area contributed by atoms with Gasteiger partial charge in [-0.3, -0.25) is 4.79 Å². The van der Waals surface area contributed by atoms with Gasteiger partial charge in [-0.15, -0.1) is 0 Å². The third kappa shape index (κ3) is 3.39. The summed E-state index contributed by atoms with van der Waals surface area (Å²) in [6.45, 7) is 4.27. The second-order valence-electron chi connectivity index (χ2n) is 4.55. The molecule has 0 aliphatic rings. The maximum Gasteiger partial charge on any atom is 0.256 e. The van der Waals surface area contributed by atoms with Crippen molar-refractivity contribution in [1.29, 1.82) is 0 Å². The van der Waals surface area contributed by atoms with Gasteiger partial charge < -0.3 is 9.84 Å². The van der Waals surface area contributed by atoms with E-state index >= 15 is 0 Å². The first-order valence-electron chi connectivity index (χ1n) is 6.59. The van der Waals surface area contributed by atoms with Crippen LogP contribution in [0.1, 0.15) is 34.3 Å². The molecular formula is C15H17ClN2O2. The highest BCUT2D eigenvalue weighted by atomic mass is 35.5. The van der Waals surface area contributed by atoms with Crippen LogP contribution in [-0.4, -0.2) is 17.6 Å². The number of aryl methyl sites for hydroxylation is 2. The highest BCUT2D eigenvalue weighted by molar-refractivity contribution is 6.30. The molecule has 0 bridgehead atoms. The number of halogens is 1. The van der Waals surface area contributed by atoms with Gasteiger partial charge in [-0.2, -0.15) is 0 Å². The molecule has 2 aromatic rings. The molecule has 1 N–H and O–H groups in total. The van der Waals surface area contributed by atoms with Crippen LogP contribution < -0.4 is 5.32 Å². The fourth-order valence-electron chi connectivity index (χ4n) is 2.01. The molecule has 1 aromatic heterocycles. The Labute approximate surface area is 123 Å². The van der Waals surface area contributed by atoms with Gasteiger partial charge in [-0.05, 0) is 31.0 Å². The number of nitrogens with one attached hydrogen (secondary N) is 1. The topological polar surface area (TPSA) is 55.1 Å². The van der Waals surface area contributed by atoms with Crippen LogP contribution in [0, 0.1) is 6.92 Å². The van der Waals surface area contributed by atoms with Crippen LogP contribution in [-0.2, 0) is 12.8 Å². The van der Waals surface area contributed by atoms with E-state index in [2.05, 4.69) is 10.5 Å². The van der Waals surface area contributed by atoms with E-state index in [0.717, 1.165) is 12.0 Å². The number of rotatable bonds is 5. The fourth-order valence-corrected chi connectivity index (χ4v) is 2.13. The lowest BCUT2D eigenvalue weighted by molar-refractivity contribution is 0.0951. The zero-order valence-corrected chi connectivity index (χ0v) is 12.3. The Balaban J connectivity index is 1.92.